The average molecular weight is 302 g/mol. The van der Waals surface area contributed by atoms with E-state index in [0.29, 0.717) is 10.0 Å². The van der Waals surface area contributed by atoms with Gasteiger partial charge in [0, 0.05) is 5.38 Å². The second-order valence-corrected chi connectivity index (χ2v) is 5.84. The van der Waals surface area contributed by atoms with Crippen molar-refractivity contribution in [3.8, 4) is 0 Å². The van der Waals surface area contributed by atoms with Gasteiger partial charge < -0.3 is 0 Å². The van der Waals surface area contributed by atoms with Crippen molar-refractivity contribution >= 4 is 34.5 Å². The lowest BCUT2D eigenvalue weighted by Crippen LogP contribution is -2.29. The zero-order valence-corrected chi connectivity index (χ0v) is 12.1. The van der Waals surface area contributed by atoms with Crippen LogP contribution in [0, 0.1) is 6.92 Å². The Hall–Kier alpha value is -0.650. The number of halogens is 2. The summed E-state index contributed by atoms with van der Waals surface area (Å²) in [4.78, 5) is 4.43. The summed E-state index contributed by atoms with van der Waals surface area (Å²) < 4.78 is 0. The molecule has 6 heteroatoms. The largest absolute Gasteiger partial charge is 0.271 e. The summed E-state index contributed by atoms with van der Waals surface area (Å²) >= 11 is 13.5. The second-order valence-electron chi connectivity index (χ2n) is 3.96. The van der Waals surface area contributed by atoms with Crippen molar-refractivity contribution < 1.29 is 0 Å². The highest BCUT2D eigenvalue weighted by atomic mass is 35.5. The molecule has 1 atom stereocenters. The van der Waals surface area contributed by atoms with E-state index in [4.69, 9.17) is 29.0 Å². The van der Waals surface area contributed by atoms with E-state index in [1.807, 2.05) is 24.4 Å². The topological polar surface area (TPSA) is 50.9 Å². The quantitative estimate of drug-likeness (QED) is 0.671. The standard InChI is InChI=1S/C12H13Cl2N3S/c1-7-16-12(6-18-7)11(17-15)5-8-2-3-9(13)10(14)4-8/h2-4,6,11,17H,5,15H2,1H3. The Bertz CT molecular complexity index is 542. The van der Waals surface area contributed by atoms with Crippen LogP contribution in [0.3, 0.4) is 0 Å². The molecule has 1 aromatic carbocycles. The molecule has 0 amide bonds. The zero-order chi connectivity index (χ0) is 13.1. The van der Waals surface area contributed by atoms with Crippen LogP contribution in [0.5, 0.6) is 0 Å². The summed E-state index contributed by atoms with van der Waals surface area (Å²) in [5.41, 5.74) is 4.80. The van der Waals surface area contributed by atoms with Gasteiger partial charge in [0.2, 0.25) is 0 Å². The maximum absolute atomic E-state index is 5.99. The predicted octanol–water partition coefficient (Wildman–Crippen LogP) is 3.51. The van der Waals surface area contributed by atoms with Gasteiger partial charge in [0.1, 0.15) is 0 Å². The molecule has 0 fully saturated rings. The third kappa shape index (κ3) is 3.22. The lowest BCUT2D eigenvalue weighted by atomic mass is 10.0. The van der Waals surface area contributed by atoms with E-state index in [0.717, 1.165) is 22.7 Å². The van der Waals surface area contributed by atoms with Gasteiger partial charge in [-0.05, 0) is 31.0 Å². The van der Waals surface area contributed by atoms with Crippen molar-refractivity contribution in [3.63, 3.8) is 0 Å². The zero-order valence-electron chi connectivity index (χ0n) is 9.78. The van der Waals surface area contributed by atoms with E-state index < -0.39 is 0 Å². The van der Waals surface area contributed by atoms with Crippen LogP contribution in [0.25, 0.3) is 0 Å². The normalized spacial score (nSPS) is 12.7. The molecule has 3 N–H and O–H groups in total. The van der Waals surface area contributed by atoms with Crippen LogP contribution in [0.2, 0.25) is 10.0 Å². The molecule has 1 aromatic heterocycles. The third-order valence-corrected chi connectivity index (χ3v) is 4.15. The summed E-state index contributed by atoms with van der Waals surface area (Å²) in [6.45, 7) is 1.97. The minimum absolute atomic E-state index is 0.0211. The number of aromatic nitrogens is 1. The van der Waals surface area contributed by atoms with E-state index in [1.165, 1.54) is 0 Å². The van der Waals surface area contributed by atoms with E-state index >= 15 is 0 Å². The Balaban J connectivity index is 2.17. The average Bonchev–Trinajstić information content (AvgIpc) is 2.77. The molecule has 2 rings (SSSR count). The number of nitrogens with two attached hydrogens (primary N) is 1. The highest BCUT2D eigenvalue weighted by Gasteiger charge is 2.14. The number of benzene rings is 1. The van der Waals surface area contributed by atoms with Gasteiger partial charge in [-0.1, -0.05) is 29.3 Å². The molecular weight excluding hydrogens is 289 g/mol. The molecule has 0 bridgehead atoms. The van der Waals surface area contributed by atoms with Crippen LogP contribution in [0.15, 0.2) is 23.6 Å². The number of hydrogen-bond acceptors (Lipinski definition) is 4. The fraction of sp³-hybridized carbons (Fsp3) is 0.250. The van der Waals surface area contributed by atoms with Crippen LogP contribution >= 0.6 is 34.5 Å². The minimum atomic E-state index is -0.0211. The molecule has 1 heterocycles. The van der Waals surface area contributed by atoms with Crippen LogP contribution in [0.4, 0.5) is 0 Å². The van der Waals surface area contributed by atoms with Gasteiger partial charge in [-0.25, -0.2) is 4.98 Å². The number of hydrazine groups is 1. The maximum atomic E-state index is 5.99. The summed E-state index contributed by atoms with van der Waals surface area (Å²) in [7, 11) is 0. The Morgan fingerprint density at radius 1 is 1.39 bits per heavy atom. The van der Waals surface area contributed by atoms with E-state index in [9.17, 15) is 0 Å². The van der Waals surface area contributed by atoms with Crippen LogP contribution in [-0.4, -0.2) is 4.98 Å². The van der Waals surface area contributed by atoms with Crippen molar-refractivity contribution in [1.82, 2.24) is 10.4 Å². The molecule has 18 heavy (non-hydrogen) atoms. The number of rotatable bonds is 4. The van der Waals surface area contributed by atoms with Gasteiger partial charge in [-0.3, -0.25) is 11.3 Å². The molecule has 2 aromatic rings. The van der Waals surface area contributed by atoms with Gasteiger partial charge in [0.15, 0.2) is 0 Å². The summed E-state index contributed by atoms with van der Waals surface area (Å²) in [6, 6.07) is 5.57. The Labute approximate surface area is 120 Å². The third-order valence-electron chi connectivity index (χ3n) is 2.62. The molecule has 0 spiro atoms. The number of aryl methyl sites for hydroxylation is 1. The lowest BCUT2D eigenvalue weighted by molar-refractivity contribution is 0.540. The Morgan fingerprint density at radius 3 is 2.72 bits per heavy atom. The number of hydrogen-bond donors (Lipinski definition) is 2. The predicted molar refractivity (Wildman–Crippen MR) is 77.1 cm³/mol. The molecular formula is C12H13Cl2N3S. The molecule has 0 aliphatic carbocycles. The number of nitrogens with one attached hydrogen (secondary N) is 1. The fourth-order valence-corrected chi connectivity index (χ4v) is 2.68. The maximum Gasteiger partial charge on any atom is 0.0898 e. The Kier molecular flexibility index (Phi) is 4.59. The van der Waals surface area contributed by atoms with Gasteiger partial charge in [-0.15, -0.1) is 11.3 Å². The summed E-state index contributed by atoms with van der Waals surface area (Å²) in [5, 5.41) is 4.15. The van der Waals surface area contributed by atoms with Crippen molar-refractivity contribution in [2.75, 3.05) is 0 Å². The minimum Gasteiger partial charge on any atom is -0.271 e. The number of thiazole rings is 1. The van der Waals surface area contributed by atoms with Crippen LogP contribution < -0.4 is 11.3 Å². The van der Waals surface area contributed by atoms with Crippen molar-refractivity contribution in [2.45, 2.75) is 19.4 Å². The molecule has 0 saturated heterocycles. The highest BCUT2D eigenvalue weighted by molar-refractivity contribution is 7.09. The second kappa shape index (κ2) is 5.99. The molecule has 0 aliphatic rings. The molecule has 1 unspecified atom stereocenters. The van der Waals surface area contributed by atoms with E-state index in [1.54, 1.807) is 17.4 Å². The lowest BCUT2D eigenvalue weighted by Gasteiger charge is -2.14. The Morgan fingerprint density at radius 2 is 2.17 bits per heavy atom. The first-order valence-electron chi connectivity index (χ1n) is 5.42. The van der Waals surface area contributed by atoms with Gasteiger partial charge in [0.05, 0.1) is 26.8 Å². The van der Waals surface area contributed by atoms with Crippen molar-refractivity contribution in [3.05, 3.63) is 49.9 Å². The molecule has 0 aliphatic heterocycles. The van der Waals surface area contributed by atoms with E-state index in [2.05, 4.69) is 10.4 Å². The SMILES string of the molecule is Cc1nc(C(Cc2ccc(Cl)c(Cl)c2)NN)cs1. The highest BCUT2D eigenvalue weighted by Crippen LogP contribution is 2.25. The molecule has 0 saturated carbocycles. The fourth-order valence-electron chi connectivity index (χ4n) is 1.69. The first-order valence-corrected chi connectivity index (χ1v) is 7.06. The molecule has 0 radical (unpaired) electrons. The smallest absolute Gasteiger partial charge is 0.0898 e. The van der Waals surface area contributed by atoms with Gasteiger partial charge in [0.25, 0.3) is 0 Å². The summed E-state index contributed by atoms with van der Waals surface area (Å²) in [5.74, 6) is 5.59. The molecule has 3 nitrogen and oxygen atoms in total. The van der Waals surface area contributed by atoms with Gasteiger partial charge in [-0.2, -0.15) is 0 Å². The van der Waals surface area contributed by atoms with Crippen LogP contribution in [0.1, 0.15) is 22.3 Å². The first kappa shape index (κ1) is 13.8. The van der Waals surface area contributed by atoms with Crippen molar-refractivity contribution in [1.29, 1.82) is 0 Å². The van der Waals surface area contributed by atoms with E-state index in [-0.39, 0.29) is 6.04 Å². The number of nitrogens with zero attached hydrogens (tertiary/aromatic N) is 1. The first-order chi connectivity index (χ1) is 8.60. The monoisotopic (exact) mass is 301 g/mol. The van der Waals surface area contributed by atoms with Crippen LogP contribution in [-0.2, 0) is 6.42 Å². The van der Waals surface area contributed by atoms with Crippen molar-refractivity contribution in [2.24, 2.45) is 5.84 Å². The summed E-state index contributed by atoms with van der Waals surface area (Å²) in [6.07, 6.45) is 0.719. The molecule has 96 valence electrons. The van der Waals surface area contributed by atoms with Gasteiger partial charge >= 0.3 is 0 Å².